The van der Waals surface area contributed by atoms with E-state index in [9.17, 15) is 0 Å². The topological polar surface area (TPSA) is 38.0 Å². The molecule has 1 aromatic rings. The van der Waals surface area contributed by atoms with Crippen molar-refractivity contribution in [3.05, 3.63) is 44.4 Å². The summed E-state index contributed by atoms with van der Waals surface area (Å²) in [6.07, 6.45) is 9.77. The Bertz CT molecular complexity index is 505. The summed E-state index contributed by atoms with van der Waals surface area (Å²) >= 11 is 3.55. The third kappa shape index (κ3) is 5.29. The maximum atomic E-state index is 6.12. The van der Waals surface area contributed by atoms with Gasteiger partial charge in [0.25, 0.3) is 0 Å². The predicted molar refractivity (Wildman–Crippen MR) is 101 cm³/mol. The number of nitrogens with one attached hydrogen (secondary N) is 1. The molecule has 1 aromatic heterocycles. The molecule has 1 aliphatic rings. The Kier molecular flexibility index (Phi) is 8.31. The molecule has 0 fully saturated rings. The van der Waals surface area contributed by atoms with Crippen LogP contribution in [0.2, 0.25) is 0 Å². The highest BCUT2D eigenvalue weighted by Gasteiger charge is 2.13. The zero-order valence-electron chi connectivity index (χ0n) is 13.4. The van der Waals surface area contributed by atoms with Crippen molar-refractivity contribution < 1.29 is 0 Å². The SMILES string of the molecule is C/C=C(\NC)c1sc(CCC)c(C)c1N.C1=CSC=CC1. The Balaban J connectivity index is 0.000000304. The molecule has 21 heavy (non-hydrogen) atoms. The summed E-state index contributed by atoms with van der Waals surface area (Å²) in [7, 11) is 1.93. The minimum Gasteiger partial charge on any atom is -0.397 e. The van der Waals surface area contributed by atoms with E-state index in [0.29, 0.717) is 0 Å². The van der Waals surface area contributed by atoms with Crippen LogP contribution in [0.5, 0.6) is 0 Å². The molecule has 4 heteroatoms. The van der Waals surface area contributed by atoms with Gasteiger partial charge in [-0.25, -0.2) is 0 Å². The van der Waals surface area contributed by atoms with Gasteiger partial charge in [-0.1, -0.05) is 31.6 Å². The monoisotopic (exact) mass is 322 g/mol. The zero-order chi connectivity index (χ0) is 15.7. The van der Waals surface area contributed by atoms with E-state index < -0.39 is 0 Å². The van der Waals surface area contributed by atoms with Crippen molar-refractivity contribution in [2.24, 2.45) is 0 Å². The smallest absolute Gasteiger partial charge is 0.0733 e. The number of nitrogen functional groups attached to an aromatic ring is 1. The van der Waals surface area contributed by atoms with Gasteiger partial charge in [-0.15, -0.1) is 23.1 Å². The highest BCUT2D eigenvalue weighted by molar-refractivity contribution is 8.04. The van der Waals surface area contributed by atoms with Crippen LogP contribution in [0.4, 0.5) is 5.69 Å². The van der Waals surface area contributed by atoms with Gasteiger partial charge in [0.05, 0.1) is 10.6 Å². The summed E-state index contributed by atoms with van der Waals surface area (Å²) in [6.45, 7) is 6.34. The highest BCUT2D eigenvalue weighted by atomic mass is 32.2. The molecule has 1 aliphatic heterocycles. The molecule has 0 bridgehead atoms. The number of rotatable bonds is 4. The first kappa shape index (κ1) is 17.9. The number of allylic oxidation sites excluding steroid dienone is 3. The van der Waals surface area contributed by atoms with E-state index in [2.05, 4.69) is 48.2 Å². The van der Waals surface area contributed by atoms with Crippen LogP contribution in [-0.2, 0) is 6.42 Å². The first-order chi connectivity index (χ1) is 10.2. The van der Waals surface area contributed by atoms with Gasteiger partial charge in [0, 0.05) is 17.6 Å². The normalized spacial score (nSPS) is 13.8. The highest BCUT2D eigenvalue weighted by Crippen LogP contribution is 2.35. The van der Waals surface area contributed by atoms with Gasteiger partial charge >= 0.3 is 0 Å². The lowest BCUT2D eigenvalue weighted by molar-refractivity contribution is 0.933. The summed E-state index contributed by atoms with van der Waals surface area (Å²) in [6, 6.07) is 0. The van der Waals surface area contributed by atoms with Gasteiger partial charge in [-0.05, 0) is 43.1 Å². The molecule has 0 aromatic carbocycles. The molecule has 0 amide bonds. The Morgan fingerprint density at radius 2 is 2.05 bits per heavy atom. The van der Waals surface area contributed by atoms with E-state index in [-0.39, 0.29) is 0 Å². The number of hydrogen-bond acceptors (Lipinski definition) is 4. The molecule has 2 nitrogen and oxygen atoms in total. The molecular weight excluding hydrogens is 296 g/mol. The van der Waals surface area contributed by atoms with Gasteiger partial charge in [0.1, 0.15) is 0 Å². The second kappa shape index (κ2) is 9.74. The van der Waals surface area contributed by atoms with Crippen LogP contribution in [0.15, 0.2) is 29.0 Å². The molecule has 0 spiro atoms. The summed E-state index contributed by atoms with van der Waals surface area (Å²) < 4.78 is 0. The Labute approximate surface area is 137 Å². The van der Waals surface area contributed by atoms with Crippen molar-refractivity contribution >= 4 is 34.5 Å². The van der Waals surface area contributed by atoms with E-state index in [1.54, 1.807) is 11.8 Å². The molecule has 0 radical (unpaired) electrons. The first-order valence-corrected chi connectivity index (χ1v) is 9.09. The van der Waals surface area contributed by atoms with Crippen LogP contribution in [0, 0.1) is 6.92 Å². The van der Waals surface area contributed by atoms with Crippen molar-refractivity contribution in [2.75, 3.05) is 12.8 Å². The third-order valence-corrected chi connectivity index (χ3v) is 5.29. The largest absolute Gasteiger partial charge is 0.397 e. The van der Waals surface area contributed by atoms with Crippen LogP contribution in [0.1, 0.15) is 42.0 Å². The van der Waals surface area contributed by atoms with E-state index in [0.717, 1.165) is 24.2 Å². The van der Waals surface area contributed by atoms with Crippen molar-refractivity contribution in [1.29, 1.82) is 0 Å². The zero-order valence-corrected chi connectivity index (χ0v) is 15.0. The second-order valence-electron chi connectivity index (χ2n) is 4.71. The van der Waals surface area contributed by atoms with Crippen molar-refractivity contribution in [3.63, 3.8) is 0 Å². The number of nitrogens with two attached hydrogens (primary N) is 1. The minimum absolute atomic E-state index is 0.936. The van der Waals surface area contributed by atoms with E-state index in [1.807, 2.05) is 25.3 Å². The molecule has 2 rings (SSSR count). The molecule has 0 saturated carbocycles. The molecule has 0 atom stereocenters. The fraction of sp³-hybridized carbons (Fsp3) is 0.412. The number of hydrogen-bond donors (Lipinski definition) is 2. The average Bonchev–Trinajstić information content (AvgIpc) is 2.80. The van der Waals surface area contributed by atoms with Crippen LogP contribution in [0.3, 0.4) is 0 Å². The maximum Gasteiger partial charge on any atom is 0.0733 e. The summed E-state index contributed by atoms with van der Waals surface area (Å²) in [5.74, 6) is 0. The minimum atomic E-state index is 0.936. The van der Waals surface area contributed by atoms with Crippen LogP contribution in [0.25, 0.3) is 5.70 Å². The Hall–Kier alpha value is -1.13. The first-order valence-electron chi connectivity index (χ1n) is 7.33. The quantitative estimate of drug-likeness (QED) is 0.787. The fourth-order valence-corrected chi connectivity index (χ4v) is 3.92. The van der Waals surface area contributed by atoms with E-state index >= 15 is 0 Å². The Morgan fingerprint density at radius 3 is 2.43 bits per heavy atom. The van der Waals surface area contributed by atoms with Crippen LogP contribution in [-0.4, -0.2) is 7.05 Å². The van der Waals surface area contributed by atoms with E-state index in [1.165, 1.54) is 21.7 Å². The van der Waals surface area contributed by atoms with Crippen LogP contribution < -0.4 is 11.1 Å². The maximum absolute atomic E-state index is 6.12. The molecule has 0 saturated heterocycles. The predicted octanol–water partition coefficient (Wildman–Crippen LogP) is 5.32. The molecule has 3 N–H and O–H groups in total. The molecule has 0 unspecified atom stereocenters. The fourth-order valence-electron chi connectivity index (χ4n) is 1.98. The average molecular weight is 323 g/mol. The molecule has 116 valence electrons. The van der Waals surface area contributed by atoms with Gasteiger partial charge in [0.2, 0.25) is 0 Å². The lowest BCUT2D eigenvalue weighted by Gasteiger charge is -2.04. The lowest BCUT2D eigenvalue weighted by atomic mass is 10.1. The van der Waals surface area contributed by atoms with Gasteiger partial charge in [-0.2, -0.15) is 0 Å². The van der Waals surface area contributed by atoms with Crippen molar-refractivity contribution in [3.8, 4) is 0 Å². The van der Waals surface area contributed by atoms with Gasteiger partial charge in [-0.3, -0.25) is 0 Å². The number of aryl methyl sites for hydroxylation is 1. The third-order valence-electron chi connectivity index (χ3n) is 3.19. The van der Waals surface area contributed by atoms with Crippen LogP contribution >= 0.6 is 23.1 Å². The summed E-state index contributed by atoms with van der Waals surface area (Å²) in [5, 5.41) is 7.38. The summed E-state index contributed by atoms with van der Waals surface area (Å²) in [5.41, 5.74) is 9.44. The van der Waals surface area contributed by atoms with Gasteiger partial charge in [0.15, 0.2) is 0 Å². The lowest BCUT2D eigenvalue weighted by Crippen LogP contribution is -2.04. The molecule has 2 heterocycles. The second-order valence-corrected chi connectivity index (χ2v) is 6.63. The summed E-state index contributed by atoms with van der Waals surface area (Å²) in [4.78, 5) is 2.60. The molecule has 0 aliphatic carbocycles. The molecular formula is C17H26N2S2. The van der Waals surface area contributed by atoms with Gasteiger partial charge < -0.3 is 11.1 Å². The van der Waals surface area contributed by atoms with E-state index in [4.69, 9.17) is 5.73 Å². The number of thiophene rings is 1. The number of thioether (sulfide) groups is 1. The number of anilines is 1. The Morgan fingerprint density at radius 1 is 1.38 bits per heavy atom. The van der Waals surface area contributed by atoms with Crippen molar-refractivity contribution in [1.82, 2.24) is 5.32 Å². The van der Waals surface area contributed by atoms with Crippen molar-refractivity contribution in [2.45, 2.75) is 40.0 Å². The standard InChI is InChI=1S/C12H20N2S.C5H6S/c1-5-7-10-8(3)11(13)12(15-10)9(6-2)14-4;1-2-4-6-5-3-1/h6,14H,5,7,13H2,1-4H3;2-5H,1H2/b9-6-;.